The zero-order chi connectivity index (χ0) is 22.2. The minimum atomic E-state index is -0.270. The number of ether oxygens (including phenoxy) is 1. The molecule has 0 aliphatic heterocycles. The van der Waals surface area contributed by atoms with Crippen molar-refractivity contribution in [1.29, 1.82) is 0 Å². The Bertz CT molecular complexity index is 1420. The summed E-state index contributed by atoms with van der Waals surface area (Å²) in [6, 6.07) is 18.2. The molecule has 0 aliphatic rings. The third kappa shape index (κ3) is 3.45. The van der Waals surface area contributed by atoms with Crippen LogP contribution in [0.4, 0.5) is 15.8 Å². The molecule has 2 heterocycles. The van der Waals surface area contributed by atoms with Crippen LogP contribution < -0.4 is 10.1 Å². The Morgan fingerprint density at radius 3 is 2.53 bits per heavy atom. The summed E-state index contributed by atoms with van der Waals surface area (Å²) in [5, 5.41) is 11.9. The Morgan fingerprint density at radius 2 is 1.81 bits per heavy atom. The minimum absolute atomic E-state index is 0.270. The van der Waals surface area contributed by atoms with Crippen LogP contribution in [0, 0.1) is 5.82 Å². The Hall–Kier alpha value is -4.20. The highest BCUT2D eigenvalue weighted by atomic mass is 19.1. The zero-order valence-corrected chi connectivity index (χ0v) is 17.9. The fraction of sp³-hybridized carbons (Fsp3) is 0.125. The van der Waals surface area contributed by atoms with Crippen LogP contribution in [-0.4, -0.2) is 31.7 Å². The van der Waals surface area contributed by atoms with Gasteiger partial charge in [-0.25, -0.2) is 9.37 Å². The summed E-state index contributed by atoms with van der Waals surface area (Å²) in [6.07, 6.45) is 1.70. The molecule has 0 atom stereocenters. The maximum atomic E-state index is 13.4. The molecule has 0 bridgehead atoms. The summed E-state index contributed by atoms with van der Waals surface area (Å²) in [7, 11) is 5.36. The lowest BCUT2D eigenvalue weighted by Crippen LogP contribution is -1.96. The van der Waals surface area contributed by atoms with Crippen LogP contribution in [0.2, 0.25) is 0 Å². The molecule has 0 radical (unpaired) electrons. The SMILES string of the molecule is COc1cc(Nc2cccc3c2nc(-c2ccc(F)cc2)n3C)ccc1-c1cnn(C)n1. The molecule has 32 heavy (non-hydrogen) atoms. The molecule has 0 aliphatic carbocycles. The number of aryl methyl sites for hydroxylation is 2. The standard InChI is InChI=1S/C24H21FN6O/c1-30-21-6-4-5-19(23(21)28-24(30)15-7-9-16(25)10-8-15)27-17-11-12-18(22(13-17)32-3)20-14-26-31(2)29-20/h4-14,27H,1-3H3. The first kappa shape index (κ1) is 19.7. The van der Waals surface area contributed by atoms with Crippen molar-refractivity contribution >= 4 is 22.4 Å². The molecule has 3 aromatic carbocycles. The number of benzene rings is 3. The number of hydrogen-bond donors (Lipinski definition) is 1. The van der Waals surface area contributed by atoms with Gasteiger partial charge in [0.05, 0.1) is 24.5 Å². The van der Waals surface area contributed by atoms with Crippen molar-refractivity contribution in [3.63, 3.8) is 0 Å². The van der Waals surface area contributed by atoms with Crippen molar-refractivity contribution < 1.29 is 9.13 Å². The summed E-state index contributed by atoms with van der Waals surface area (Å²) in [5.74, 6) is 1.19. The van der Waals surface area contributed by atoms with Crippen LogP contribution in [0.3, 0.4) is 0 Å². The highest BCUT2D eigenvalue weighted by molar-refractivity contribution is 5.93. The number of anilines is 2. The van der Waals surface area contributed by atoms with E-state index in [4.69, 9.17) is 9.72 Å². The summed E-state index contributed by atoms with van der Waals surface area (Å²) in [4.78, 5) is 6.36. The molecule has 0 spiro atoms. The van der Waals surface area contributed by atoms with E-state index in [0.717, 1.165) is 45.1 Å². The van der Waals surface area contributed by atoms with Gasteiger partial charge in [0.15, 0.2) is 0 Å². The van der Waals surface area contributed by atoms with Crippen molar-refractivity contribution in [2.45, 2.75) is 0 Å². The van der Waals surface area contributed by atoms with Gasteiger partial charge in [0.2, 0.25) is 0 Å². The number of fused-ring (bicyclic) bond motifs is 1. The molecule has 5 aromatic rings. The molecule has 0 fully saturated rings. The molecular formula is C24H21FN6O. The van der Waals surface area contributed by atoms with Crippen LogP contribution >= 0.6 is 0 Å². The second-order valence-corrected chi connectivity index (χ2v) is 7.43. The van der Waals surface area contributed by atoms with Crippen molar-refractivity contribution in [3.05, 3.63) is 72.7 Å². The number of nitrogens with one attached hydrogen (secondary N) is 1. The third-order valence-electron chi connectivity index (χ3n) is 5.37. The number of rotatable bonds is 5. The fourth-order valence-corrected chi connectivity index (χ4v) is 3.78. The predicted octanol–water partition coefficient (Wildman–Crippen LogP) is 4.93. The number of nitrogens with zero attached hydrogens (tertiary/aromatic N) is 5. The maximum absolute atomic E-state index is 13.4. The van der Waals surface area contributed by atoms with Crippen LogP contribution in [-0.2, 0) is 14.1 Å². The smallest absolute Gasteiger partial charge is 0.140 e. The molecule has 160 valence electrons. The van der Waals surface area contributed by atoms with Gasteiger partial charge in [0.1, 0.15) is 28.6 Å². The van der Waals surface area contributed by atoms with Gasteiger partial charge in [-0.1, -0.05) is 6.07 Å². The monoisotopic (exact) mass is 428 g/mol. The summed E-state index contributed by atoms with van der Waals surface area (Å²) < 4.78 is 21.0. The average molecular weight is 428 g/mol. The van der Waals surface area contributed by atoms with E-state index in [1.807, 2.05) is 48.0 Å². The number of aromatic nitrogens is 5. The Labute approximate surface area is 184 Å². The quantitative estimate of drug-likeness (QED) is 0.430. The second-order valence-electron chi connectivity index (χ2n) is 7.43. The van der Waals surface area contributed by atoms with Crippen molar-refractivity contribution in [1.82, 2.24) is 24.5 Å². The molecule has 5 rings (SSSR count). The number of hydrogen-bond acceptors (Lipinski definition) is 5. The Balaban J connectivity index is 1.53. The zero-order valence-electron chi connectivity index (χ0n) is 17.9. The van der Waals surface area contributed by atoms with E-state index in [2.05, 4.69) is 15.5 Å². The first-order valence-corrected chi connectivity index (χ1v) is 10.1. The van der Waals surface area contributed by atoms with Crippen LogP contribution in [0.25, 0.3) is 33.7 Å². The van der Waals surface area contributed by atoms with Crippen molar-refractivity contribution in [2.75, 3.05) is 12.4 Å². The maximum Gasteiger partial charge on any atom is 0.140 e. The van der Waals surface area contributed by atoms with Gasteiger partial charge < -0.3 is 14.6 Å². The molecule has 0 amide bonds. The molecule has 1 N–H and O–H groups in total. The van der Waals surface area contributed by atoms with E-state index in [0.29, 0.717) is 5.75 Å². The van der Waals surface area contributed by atoms with E-state index >= 15 is 0 Å². The van der Waals surface area contributed by atoms with Crippen molar-refractivity contribution in [3.8, 4) is 28.4 Å². The van der Waals surface area contributed by atoms with Crippen LogP contribution in [0.15, 0.2) is 66.9 Å². The van der Waals surface area contributed by atoms with Gasteiger partial charge in [0, 0.05) is 37.0 Å². The second kappa shape index (κ2) is 7.81. The first-order chi connectivity index (χ1) is 15.5. The van der Waals surface area contributed by atoms with Crippen LogP contribution in [0.5, 0.6) is 5.75 Å². The average Bonchev–Trinajstić information content (AvgIpc) is 3.38. The minimum Gasteiger partial charge on any atom is -0.496 e. The summed E-state index contributed by atoms with van der Waals surface area (Å²) >= 11 is 0. The lowest BCUT2D eigenvalue weighted by Gasteiger charge is -2.11. The number of methoxy groups -OCH3 is 1. The third-order valence-corrected chi connectivity index (χ3v) is 5.37. The Kier molecular flexibility index (Phi) is 4.82. The molecular weight excluding hydrogens is 407 g/mol. The van der Waals surface area contributed by atoms with E-state index in [-0.39, 0.29) is 5.82 Å². The molecule has 0 saturated carbocycles. The molecule has 0 unspecified atom stereocenters. The lowest BCUT2D eigenvalue weighted by atomic mass is 10.1. The van der Waals surface area contributed by atoms with Gasteiger partial charge in [-0.15, -0.1) is 0 Å². The van der Waals surface area contributed by atoms with Crippen LogP contribution in [0.1, 0.15) is 0 Å². The van der Waals surface area contributed by atoms with E-state index in [9.17, 15) is 4.39 Å². The van der Waals surface area contributed by atoms with Gasteiger partial charge in [0.25, 0.3) is 0 Å². The lowest BCUT2D eigenvalue weighted by molar-refractivity contribution is 0.416. The Morgan fingerprint density at radius 1 is 1.00 bits per heavy atom. The molecule has 8 heteroatoms. The number of halogens is 1. The number of para-hydroxylation sites is 1. The van der Waals surface area contributed by atoms with Gasteiger partial charge >= 0.3 is 0 Å². The van der Waals surface area contributed by atoms with E-state index in [1.165, 1.54) is 16.9 Å². The topological polar surface area (TPSA) is 69.8 Å². The number of imidazole rings is 1. The predicted molar refractivity (Wildman–Crippen MR) is 122 cm³/mol. The largest absolute Gasteiger partial charge is 0.496 e. The van der Waals surface area contributed by atoms with E-state index < -0.39 is 0 Å². The van der Waals surface area contributed by atoms with E-state index in [1.54, 1.807) is 32.5 Å². The molecule has 2 aromatic heterocycles. The molecule has 7 nitrogen and oxygen atoms in total. The van der Waals surface area contributed by atoms with Gasteiger partial charge in [-0.3, -0.25) is 0 Å². The molecule has 0 saturated heterocycles. The summed E-state index contributed by atoms with van der Waals surface area (Å²) in [6.45, 7) is 0. The van der Waals surface area contributed by atoms with Gasteiger partial charge in [-0.05, 0) is 48.5 Å². The van der Waals surface area contributed by atoms with Crippen molar-refractivity contribution in [2.24, 2.45) is 14.1 Å². The first-order valence-electron chi connectivity index (χ1n) is 10.1. The highest BCUT2D eigenvalue weighted by Gasteiger charge is 2.15. The summed E-state index contributed by atoms with van der Waals surface area (Å²) in [5.41, 5.74) is 5.97. The normalized spacial score (nSPS) is 11.1. The fourth-order valence-electron chi connectivity index (χ4n) is 3.78. The van der Waals surface area contributed by atoms with Gasteiger partial charge in [-0.2, -0.15) is 15.0 Å². The highest BCUT2D eigenvalue weighted by Crippen LogP contribution is 2.34.